The van der Waals surface area contributed by atoms with E-state index < -0.39 is 11.7 Å². The summed E-state index contributed by atoms with van der Waals surface area (Å²) in [7, 11) is 0. The predicted octanol–water partition coefficient (Wildman–Crippen LogP) is 3.36. The van der Waals surface area contributed by atoms with Crippen LogP contribution in [0, 0.1) is 0 Å². The van der Waals surface area contributed by atoms with Crippen LogP contribution in [0.1, 0.15) is 41.4 Å². The van der Waals surface area contributed by atoms with Crippen LogP contribution in [0.3, 0.4) is 0 Å². The van der Waals surface area contributed by atoms with E-state index in [1.807, 2.05) is 10.8 Å². The first-order valence-electron chi connectivity index (χ1n) is 7.30. The molecule has 1 aliphatic heterocycles. The van der Waals surface area contributed by atoms with Gasteiger partial charge in [-0.2, -0.15) is 13.2 Å². The SMILES string of the molecule is OCC1CCCn2cc(Cc3cccc(C(F)(F)F)c3)nc21. The van der Waals surface area contributed by atoms with E-state index in [2.05, 4.69) is 4.98 Å². The van der Waals surface area contributed by atoms with Gasteiger partial charge in [0.15, 0.2) is 0 Å². The lowest BCUT2D eigenvalue weighted by Gasteiger charge is -2.21. The summed E-state index contributed by atoms with van der Waals surface area (Å²) in [6.45, 7) is 0.904. The quantitative estimate of drug-likeness (QED) is 0.944. The van der Waals surface area contributed by atoms with Crippen molar-refractivity contribution in [2.75, 3.05) is 6.61 Å². The third kappa shape index (κ3) is 3.02. The van der Waals surface area contributed by atoms with Crippen molar-refractivity contribution in [2.45, 2.75) is 37.9 Å². The molecule has 118 valence electrons. The van der Waals surface area contributed by atoms with Crippen LogP contribution in [0.15, 0.2) is 30.5 Å². The summed E-state index contributed by atoms with van der Waals surface area (Å²) in [5.41, 5.74) is 0.697. The standard InChI is InChI=1S/C16H17F3N2O/c17-16(18,19)13-5-1-3-11(7-13)8-14-9-21-6-2-4-12(10-22)15(21)20-14/h1,3,5,7,9,12,22H,2,4,6,8,10H2. The number of hydrogen-bond donors (Lipinski definition) is 1. The second-order valence-electron chi connectivity index (χ2n) is 5.68. The lowest BCUT2D eigenvalue weighted by atomic mass is 10.0. The molecule has 0 fully saturated rings. The Morgan fingerprint density at radius 1 is 1.32 bits per heavy atom. The Hall–Kier alpha value is -1.82. The first-order chi connectivity index (χ1) is 10.5. The van der Waals surface area contributed by atoms with Crippen molar-refractivity contribution in [2.24, 2.45) is 0 Å². The van der Waals surface area contributed by atoms with E-state index in [4.69, 9.17) is 0 Å². The number of halogens is 3. The van der Waals surface area contributed by atoms with E-state index in [1.54, 1.807) is 6.07 Å². The molecular weight excluding hydrogens is 293 g/mol. The molecule has 0 bridgehead atoms. The van der Waals surface area contributed by atoms with Gasteiger partial charge in [-0.05, 0) is 24.5 Å². The molecule has 1 aromatic heterocycles. The topological polar surface area (TPSA) is 38.0 Å². The fraction of sp³-hybridized carbons (Fsp3) is 0.438. The van der Waals surface area contributed by atoms with Gasteiger partial charge in [-0.3, -0.25) is 0 Å². The Morgan fingerprint density at radius 3 is 2.86 bits per heavy atom. The molecule has 0 spiro atoms. The summed E-state index contributed by atoms with van der Waals surface area (Å²) in [6, 6.07) is 5.34. The number of fused-ring (bicyclic) bond motifs is 1. The minimum Gasteiger partial charge on any atom is -0.396 e. The van der Waals surface area contributed by atoms with Gasteiger partial charge in [-0.25, -0.2) is 4.98 Å². The Bertz CT molecular complexity index is 664. The number of rotatable bonds is 3. The van der Waals surface area contributed by atoms with Crippen molar-refractivity contribution in [3.63, 3.8) is 0 Å². The predicted molar refractivity (Wildman–Crippen MR) is 75.5 cm³/mol. The molecule has 3 nitrogen and oxygen atoms in total. The highest BCUT2D eigenvalue weighted by molar-refractivity contribution is 5.29. The average molecular weight is 310 g/mol. The maximum absolute atomic E-state index is 12.7. The third-order valence-corrected chi connectivity index (χ3v) is 4.03. The van der Waals surface area contributed by atoms with Crippen molar-refractivity contribution in [1.29, 1.82) is 0 Å². The van der Waals surface area contributed by atoms with Crippen molar-refractivity contribution in [3.8, 4) is 0 Å². The fourth-order valence-electron chi connectivity index (χ4n) is 2.95. The molecule has 22 heavy (non-hydrogen) atoms. The summed E-state index contributed by atoms with van der Waals surface area (Å²) in [5.74, 6) is 0.875. The number of imidazole rings is 1. The van der Waals surface area contributed by atoms with Gasteiger partial charge in [0.25, 0.3) is 0 Å². The summed E-state index contributed by atoms with van der Waals surface area (Å²) < 4.78 is 40.2. The number of aliphatic hydroxyl groups is 1. The molecule has 1 N–H and O–H groups in total. The highest BCUT2D eigenvalue weighted by Crippen LogP contribution is 2.30. The Morgan fingerprint density at radius 2 is 2.14 bits per heavy atom. The van der Waals surface area contributed by atoms with Crippen molar-refractivity contribution >= 4 is 0 Å². The highest BCUT2D eigenvalue weighted by Gasteiger charge is 2.30. The number of benzene rings is 1. The van der Waals surface area contributed by atoms with Crippen LogP contribution in [0.4, 0.5) is 13.2 Å². The minimum absolute atomic E-state index is 0.0315. The van der Waals surface area contributed by atoms with Gasteiger partial charge in [-0.1, -0.05) is 18.2 Å². The summed E-state index contributed by atoms with van der Waals surface area (Å²) >= 11 is 0. The number of aliphatic hydroxyl groups excluding tert-OH is 1. The number of alkyl halides is 3. The molecule has 0 saturated carbocycles. The Kier molecular flexibility index (Phi) is 3.95. The average Bonchev–Trinajstić information content (AvgIpc) is 2.88. The largest absolute Gasteiger partial charge is 0.416 e. The van der Waals surface area contributed by atoms with Crippen molar-refractivity contribution in [1.82, 2.24) is 9.55 Å². The molecule has 2 heterocycles. The molecule has 6 heteroatoms. The van der Waals surface area contributed by atoms with Crippen LogP contribution >= 0.6 is 0 Å². The van der Waals surface area contributed by atoms with Crippen molar-refractivity contribution < 1.29 is 18.3 Å². The third-order valence-electron chi connectivity index (χ3n) is 4.03. The van der Waals surface area contributed by atoms with Crippen LogP contribution in [0.25, 0.3) is 0 Å². The molecule has 0 aliphatic carbocycles. The van der Waals surface area contributed by atoms with Gasteiger partial charge in [0, 0.05) is 25.1 Å². The number of aromatic nitrogens is 2. The zero-order valence-corrected chi connectivity index (χ0v) is 12.0. The number of aryl methyl sites for hydroxylation is 1. The molecule has 1 atom stereocenters. The minimum atomic E-state index is -4.33. The van der Waals surface area contributed by atoms with E-state index in [-0.39, 0.29) is 12.5 Å². The Labute approximate surface area is 126 Å². The van der Waals surface area contributed by atoms with Gasteiger partial charge >= 0.3 is 6.18 Å². The van der Waals surface area contributed by atoms with Crippen molar-refractivity contribution in [3.05, 3.63) is 53.1 Å². The number of hydrogen-bond acceptors (Lipinski definition) is 2. The van der Waals surface area contributed by atoms with Gasteiger partial charge in [0.1, 0.15) is 5.82 Å². The zero-order valence-electron chi connectivity index (χ0n) is 12.0. The van der Waals surface area contributed by atoms with E-state index >= 15 is 0 Å². The van der Waals surface area contributed by atoms with Crippen LogP contribution in [0.2, 0.25) is 0 Å². The molecule has 0 radical (unpaired) electrons. The van der Waals surface area contributed by atoms with Gasteiger partial charge in [0.05, 0.1) is 17.9 Å². The first-order valence-corrected chi connectivity index (χ1v) is 7.30. The molecule has 0 amide bonds. The molecule has 3 rings (SSSR count). The van der Waals surface area contributed by atoms with Crippen LogP contribution in [-0.2, 0) is 19.1 Å². The second kappa shape index (κ2) is 5.76. The summed E-state index contributed by atoms with van der Waals surface area (Å²) in [6.07, 6.45) is -0.195. The monoisotopic (exact) mass is 310 g/mol. The van der Waals surface area contributed by atoms with Crippen LogP contribution < -0.4 is 0 Å². The van der Waals surface area contributed by atoms with Gasteiger partial charge < -0.3 is 9.67 Å². The highest BCUT2D eigenvalue weighted by atomic mass is 19.4. The lowest BCUT2D eigenvalue weighted by Crippen LogP contribution is -2.18. The van der Waals surface area contributed by atoms with E-state index in [1.165, 1.54) is 12.1 Å². The van der Waals surface area contributed by atoms with Crippen LogP contribution in [-0.4, -0.2) is 21.3 Å². The summed E-state index contributed by atoms with van der Waals surface area (Å²) in [5, 5.41) is 9.38. The molecular formula is C16H17F3N2O. The zero-order chi connectivity index (χ0) is 15.7. The molecule has 2 aromatic rings. The molecule has 1 aliphatic rings. The maximum Gasteiger partial charge on any atom is 0.416 e. The van der Waals surface area contributed by atoms with Gasteiger partial charge in [0.2, 0.25) is 0 Å². The second-order valence-corrected chi connectivity index (χ2v) is 5.68. The van der Waals surface area contributed by atoms with Gasteiger partial charge in [-0.15, -0.1) is 0 Å². The fourth-order valence-corrected chi connectivity index (χ4v) is 2.95. The van der Waals surface area contributed by atoms with E-state index in [0.717, 1.165) is 37.0 Å². The molecule has 1 unspecified atom stereocenters. The summed E-state index contributed by atoms with van der Waals surface area (Å²) in [4.78, 5) is 4.51. The first kappa shape index (κ1) is 15.1. The smallest absolute Gasteiger partial charge is 0.396 e. The van der Waals surface area contributed by atoms with E-state index in [0.29, 0.717) is 12.0 Å². The lowest BCUT2D eigenvalue weighted by molar-refractivity contribution is -0.137. The molecule has 1 aromatic carbocycles. The normalized spacial score (nSPS) is 18.3. The van der Waals surface area contributed by atoms with Crippen LogP contribution in [0.5, 0.6) is 0 Å². The molecule has 0 saturated heterocycles. The Balaban J connectivity index is 1.84. The number of nitrogens with zero attached hydrogens (tertiary/aromatic N) is 2. The maximum atomic E-state index is 12.7. The van der Waals surface area contributed by atoms with E-state index in [9.17, 15) is 18.3 Å².